The van der Waals surface area contributed by atoms with Crippen molar-refractivity contribution in [3.63, 3.8) is 0 Å². The molecular formula is C17H25N3O3. The average Bonchev–Trinajstić information content (AvgIpc) is 2.96. The molecule has 0 saturated carbocycles. The van der Waals surface area contributed by atoms with Crippen molar-refractivity contribution in [1.82, 2.24) is 9.88 Å². The van der Waals surface area contributed by atoms with Gasteiger partial charge >= 0.3 is 0 Å². The van der Waals surface area contributed by atoms with E-state index in [2.05, 4.69) is 29.0 Å². The maximum atomic E-state index is 12.3. The number of fused-ring (bicyclic) bond motifs is 1. The molecule has 6 heteroatoms. The third kappa shape index (κ3) is 4.58. The van der Waals surface area contributed by atoms with Crippen LogP contribution in [0.5, 0.6) is 0 Å². The molecule has 1 heterocycles. The van der Waals surface area contributed by atoms with Gasteiger partial charge in [0, 0.05) is 13.0 Å². The number of aliphatic imine (C=N–C) groups is 1. The van der Waals surface area contributed by atoms with Gasteiger partial charge in [-0.15, -0.1) is 0 Å². The molecule has 0 aromatic carbocycles. The Morgan fingerprint density at radius 3 is 2.61 bits per heavy atom. The standard InChI is InChI=1S/C17H25N3O3/c1-4-14-19-15-13(21)11-12(16(22)17(15)23-14)18-9-7-5-6-8-10-20(2)3/h4-11H2,1-3H3. The molecule has 1 aliphatic carbocycles. The molecule has 0 amide bonds. The van der Waals surface area contributed by atoms with Crippen LogP contribution < -0.4 is 0 Å². The third-order valence-corrected chi connectivity index (χ3v) is 3.85. The van der Waals surface area contributed by atoms with Gasteiger partial charge < -0.3 is 9.32 Å². The van der Waals surface area contributed by atoms with Gasteiger partial charge in [0.25, 0.3) is 0 Å². The van der Waals surface area contributed by atoms with Crippen molar-refractivity contribution in [3.8, 4) is 0 Å². The van der Waals surface area contributed by atoms with Crippen LogP contribution in [0, 0.1) is 0 Å². The van der Waals surface area contributed by atoms with Gasteiger partial charge in [-0.25, -0.2) is 4.98 Å². The lowest BCUT2D eigenvalue weighted by atomic mass is 9.97. The summed E-state index contributed by atoms with van der Waals surface area (Å²) in [5.74, 6) is 0.0499. The maximum absolute atomic E-state index is 12.3. The second kappa shape index (κ2) is 8.15. The number of nitrogens with zero attached hydrogens (tertiary/aromatic N) is 3. The number of hydrogen-bond donors (Lipinski definition) is 0. The van der Waals surface area contributed by atoms with Gasteiger partial charge in [-0.3, -0.25) is 14.6 Å². The summed E-state index contributed by atoms with van der Waals surface area (Å²) in [5, 5.41) is 0. The van der Waals surface area contributed by atoms with Gasteiger partial charge in [0.15, 0.2) is 17.4 Å². The summed E-state index contributed by atoms with van der Waals surface area (Å²) in [5.41, 5.74) is 0.490. The Morgan fingerprint density at radius 2 is 1.91 bits per heavy atom. The summed E-state index contributed by atoms with van der Waals surface area (Å²) >= 11 is 0. The lowest BCUT2D eigenvalue weighted by molar-refractivity contribution is 0.0949. The van der Waals surface area contributed by atoms with Crippen LogP contribution in [0.25, 0.3) is 0 Å². The van der Waals surface area contributed by atoms with Crippen LogP contribution in [0.15, 0.2) is 9.41 Å². The number of ketones is 2. The van der Waals surface area contributed by atoms with Gasteiger partial charge in [-0.2, -0.15) is 0 Å². The van der Waals surface area contributed by atoms with Gasteiger partial charge in [0.1, 0.15) is 0 Å². The molecule has 0 aliphatic heterocycles. The third-order valence-electron chi connectivity index (χ3n) is 3.85. The summed E-state index contributed by atoms with van der Waals surface area (Å²) in [6.45, 7) is 3.55. The van der Waals surface area contributed by atoms with Gasteiger partial charge in [0.2, 0.25) is 11.5 Å². The molecule has 23 heavy (non-hydrogen) atoms. The number of carbonyl (C=O) groups is 2. The van der Waals surface area contributed by atoms with Crippen molar-refractivity contribution in [3.05, 3.63) is 17.3 Å². The normalized spacial score (nSPS) is 16.4. The van der Waals surface area contributed by atoms with Crippen molar-refractivity contribution in [2.45, 2.75) is 45.4 Å². The first-order chi connectivity index (χ1) is 11.0. The molecular weight excluding hydrogens is 294 g/mol. The minimum Gasteiger partial charge on any atom is -0.436 e. The minimum absolute atomic E-state index is 0.0438. The first-order valence-corrected chi connectivity index (χ1v) is 8.28. The van der Waals surface area contributed by atoms with Crippen LogP contribution >= 0.6 is 0 Å². The molecule has 1 aromatic heterocycles. The summed E-state index contributed by atoms with van der Waals surface area (Å²) < 4.78 is 5.38. The molecule has 126 valence electrons. The first kappa shape index (κ1) is 17.5. The van der Waals surface area contributed by atoms with Crippen molar-refractivity contribution < 1.29 is 14.0 Å². The van der Waals surface area contributed by atoms with Crippen molar-refractivity contribution in [2.75, 3.05) is 27.2 Å². The van der Waals surface area contributed by atoms with Crippen LogP contribution in [-0.4, -0.2) is 54.3 Å². The molecule has 6 nitrogen and oxygen atoms in total. The van der Waals surface area contributed by atoms with Crippen molar-refractivity contribution in [1.29, 1.82) is 0 Å². The van der Waals surface area contributed by atoms with Crippen molar-refractivity contribution >= 4 is 17.3 Å². The topological polar surface area (TPSA) is 75.8 Å². The number of rotatable bonds is 8. The SMILES string of the molecule is CCc1nc2c(o1)C(=O)C(=NCCCCCCN(C)C)CC2=O. The maximum Gasteiger partial charge on any atom is 0.244 e. The molecule has 0 unspecified atom stereocenters. The molecule has 0 N–H and O–H groups in total. The number of oxazole rings is 1. The first-order valence-electron chi connectivity index (χ1n) is 8.28. The van der Waals surface area contributed by atoms with E-state index in [1.54, 1.807) is 0 Å². The van der Waals surface area contributed by atoms with E-state index < -0.39 is 0 Å². The largest absolute Gasteiger partial charge is 0.436 e. The number of unbranched alkanes of at least 4 members (excludes halogenated alkanes) is 3. The van der Waals surface area contributed by atoms with E-state index in [9.17, 15) is 9.59 Å². The lowest BCUT2D eigenvalue weighted by Crippen LogP contribution is -2.26. The highest BCUT2D eigenvalue weighted by Crippen LogP contribution is 2.21. The van der Waals surface area contributed by atoms with Crippen LogP contribution in [0.2, 0.25) is 0 Å². The number of carbonyl (C=O) groups excluding carboxylic acids is 2. The number of aryl methyl sites for hydroxylation is 1. The van der Waals surface area contributed by atoms with E-state index >= 15 is 0 Å². The summed E-state index contributed by atoms with van der Waals surface area (Å²) in [6.07, 6.45) is 4.95. The molecule has 0 spiro atoms. The minimum atomic E-state index is -0.278. The molecule has 2 rings (SSSR count). The Balaban J connectivity index is 1.86. The fourth-order valence-electron chi connectivity index (χ4n) is 2.54. The van der Waals surface area contributed by atoms with Crippen LogP contribution in [-0.2, 0) is 6.42 Å². The highest BCUT2D eigenvalue weighted by atomic mass is 16.4. The zero-order valence-corrected chi connectivity index (χ0v) is 14.2. The Morgan fingerprint density at radius 1 is 1.17 bits per heavy atom. The monoisotopic (exact) mass is 319 g/mol. The summed E-state index contributed by atoms with van der Waals surface area (Å²) in [6, 6.07) is 0. The van der Waals surface area contributed by atoms with Gasteiger partial charge in [0.05, 0.1) is 12.1 Å². The van der Waals surface area contributed by atoms with Gasteiger partial charge in [-0.1, -0.05) is 19.8 Å². The average molecular weight is 319 g/mol. The van der Waals surface area contributed by atoms with E-state index in [1.807, 2.05) is 6.92 Å². The molecule has 0 radical (unpaired) electrons. The number of Topliss-reactive ketones (excluding diaryl/α,β-unsaturated/α-hetero) is 2. The number of aromatic nitrogens is 1. The molecule has 0 fully saturated rings. The van der Waals surface area contributed by atoms with Crippen LogP contribution in [0.4, 0.5) is 0 Å². The fraction of sp³-hybridized carbons (Fsp3) is 0.647. The predicted molar refractivity (Wildman–Crippen MR) is 88.5 cm³/mol. The molecule has 1 aromatic rings. The zero-order valence-electron chi connectivity index (χ0n) is 14.2. The fourth-order valence-corrected chi connectivity index (χ4v) is 2.54. The quantitative estimate of drug-likeness (QED) is 0.688. The van der Waals surface area contributed by atoms with E-state index in [0.29, 0.717) is 24.6 Å². The zero-order chi connectivity index (χ0) is 16.8. The number of hydrogen-bond acceptors (Lipinski definition) is 6. The van der Waals surface area contributed by atoms with Crippen LogP contribution in [0.1, 0.15) is 66.0 Å². The Bertz CT molecular complexity index is 602. The Hall–Kier alpha value is -1.82. The second-order valence-corrected chi connectivity index (χ2v) is 6.11. The Labute approximate surface area is 137 Å². The van der Waals surface area contributed by atoms with Crippen molar-refractivity contribution in [2.24, 2.45) is 4.99 Å². The van der Waals surface area contributed by atoms with Gasteiger partial charge in [-0.05, 0) is 33.5 Å². The summed E-state index contributed by atoms with van der Waals surface area (Å²) in [7, 11) is 4.14. The highest BCUT2D eigenvalue weighted by Gasteiger charge is 2.34. The Kier molecular flexibility index (Phi) is 6.21. The second-order valence-electron chi connectivity index (χ2n) is 6.11. The molecule has 1 aliphatic rings. The van der Waals surface area contributed by atoms with E-state index in [0.717, 1.165) is 25.8 Å². The molecule has 0 atom stereocenters. The molecule has 0 saturated heterocycles. The lowest BCUT2D eigenvalue weighted by Gasteiger charge is -2.10. The predicted octanol–water partition coefficient (Wildman–Crippen LogP) is 2.57. The smallest absolute Gasteiger partial charge is 0.244 e. The van der Waals surface area contributed by atoms with E-state index in [4.69, 9.17) is 4.42 Å². The summed E-state index contributed by atoms with van der Waals surface area (Å²) in [4.78, 5) is 34.9. The highest BCUT2D eigenvalue weighted by molar-refractivity contribution is 6.51. The van der Waals surface area contributed by atoms with E-state index in [-0.39, 0.29) is 29.4 Å². The van der Waals surface area contributed by atoms with E-state index in [1.165, 1.54) is 6.42 Å². The van der Waals surface area contributed by atoms with Crippen LogP contribution in [0.3, 0.4) is 0 Å². The molecule has 0 bridgehead atoms.